The Hall–Kier alpha value is -1.55. The molecule has 1 atom stereocenters. The molecule has 0 fully saturated rings. The molecule has 1 N–H and O–H groups in total. The molecule has 0 radical (unpaired) electrons. The van der Waals surface area contributed by atoms with Crippen LogP contribution in [0.15, 0.2) is 24.3 Å². The second-order valence-corrected chi connectivity index (χ2v) is 6.45. The number of hydrogen-bond donors (Lipinski definition) is 1. The van der Waals surface area contributed by atoms with E-state index in [1.807, 2.05) is 36.1 Å². The molecule has 0 saturated heterocycles. The molecule has 4 nitrogen and oxygen atoms in total. The van der Waals surface area contributed by atoms with Crippen molar-refractivity contribution in [2.45, 2.75) is 58.9 Å². The van der Waals surface area contributed by atoms with Gasteiger partial charge in [-0.05, 0) is 37.8 Å². The van der Waals surface area contributed by atoms with E-state index < -0.39 is 0 Å². The smallest absolute Gasteiger partial charge is 0.222 e. The number of carbonyl (C=O) groups is 2. The predicted octanol–water partition coefficient (Wildman–Crippen LogP) is 4.34. The lowest BCUT2D eigenvalue weighted by molar-refractivity contribution is -0.131. The molecular formula is C19H29ClN2O2. The molecule has 5 heteroatoms. The molecule has 0 aliphatic carbocycles. The van der Waals surface area contributed by atoms with Gasteiger partial charge in [0.1, 0.15) is 0 Å². The van der Waals surface area contributed by atoms with E-state index in [-0.39, 0.29) is 17.9 Å². The highest BCUT2D eigenvalue weighted by Crippen LogP contribution is 2.22. The van der Waals surface area contributed by atoms with Gasteiger partial charge in [-0.3, -0.25) is 9.59 Å². The standard InChI is InChI=1S/C19H29ClN2O2/c1-4-13-22(14-5-2)19(24)12-8-11-18(23)21-15(3)16-9-6-7-10-17(16)20/h6-7,9-10,15H,4-5,8,11-14H2,1-3H3,(H,21,23). The Balaban J connectivity index is 2.38. The second-order valence-electron chi connectivity index (χ2n) is 6.05. The zero-order chi connectivity index (χ0) is 17.9. The summed E-state index contributed by atoms with van der Waals surface area (Å²) >= 11 is 6.14. The zero-order valence-electron chi connectivity index (χ0n) is 15.0. The number of nitrogens with zero attached hydrogens (tertiary/aromatic N) is 1. The average molecular weight is 353 g/mol. The minimum atomic E-state index is -0.140. The number of carbonyl (C=O) groups excluding carboxylic acids is 2. The summed E-state index contributed by atoms with van der Waals surface area (Å²) in [6, 6.07) is 7.35. The molecule has 0 aromatic heterocycles. The zero-order valence-corrected chi connectivity index (χ0v) is 15.7. The van der Waals surface area contributed by atoms with E-state index in [0.717, 1.165) is 31.5 Å². The lowest BCUT2D eigenvalue weighted by Crippen LogP contribution is -2.32. The van der Waals surface area contributed by atoms with Gasteiger partial charge in [-0.25, -0.2) is 0 Å². The molecule has 1 unspecified atom stereocenters. The molecule has 2 amide bonds. The third-order valence-corrected chi connectivity index (χ3v) is 4.23. The van der Waals surface area contributed by atoms with Crippen molar-refractivity contribution in [1.29, 1.82) is 0 Å². The van der Waals surface area contributed by atoms with Gasteiger partial charge in [-0.1, -0.05) is 43.6 Å². The molecule has 1 rings (SSSR count). The Morgan fingerprint density at radius 3 is 2.33 bits per heavy atom. The predicted molar refractivity (Wildman–Crippen MR) is 99.0 cm³/mol. The van der Waals surface area contributed by atoms with Crippen molar-refractivity contribution in [2.75, 3.05) is 13.1 Å². The summed E-state index contributed by atoms with van der Waals surface area (Å²) in [5.74, 6) is 0.0957. The number of nitrogens with one attached hydrogen (secondary N) is 1. The van der Waals surface area contributed by atoms with E-state index in [2.05, 4.69) is 19.2 Å². The Kier molecular flexibility index (Phi) is 9.46. The highest BCUT2D eigenvalue weighted by molar-refractivity contribution is 6.31. The van der Waals surface area contributed by atoms with Gasteiger partial charge in [0.2, 0.25) is 11.8 Å². The number of halogens is 1. The van der Waals surface area contributed by atoms with Crippen LogP contribution in [0, 0.1) is 0 Å². The minimum absolute atomic E-state index is 0.0484. The van der Waals surface area contributed by atoms with Crippen LogP contribution in [0.4, 0.5) is 0 Å². The SMILES string of the molecule is CCCN(CCC)C(=O)CCCC(=O)NC(C)c1ccccc1Cl. The van der Waals surface area contributed by atoms with Crippen LogP contribution in [0.5, 0.6) is 0 Å². The van der Waals surface area contributed by atoms with E-state index in [1.165, 1.54) is 0 Å². The quantitative estimate of drug-likeness (QED) is 0.681. The van der Waals surface area contributed by atoms with Crippen LogP contribution in [-0.2, 0) is 9.59 Å². The van der Waals surface area contributed by atoms with Gasteiger partial charge in [0.25, 0.3) is 0 Å². The topological polar surface area (TPSA) is 49.4 Å². The second kappa shape index (κ2) is 11.1. The monoisotopic (exact) mass is 352 g/mol. The van der Waals surface area contributed by atoms with Gasteiger partial charge in [0, 0.05) is 31.0 Å². The molecule has 0 heterocycles. The molecule has 1 aromatic rings. The van der Waals surface area contributed by atoms with Gasteiger partial charge in [-0.15, -0.1) is 0 Å². The fourth-order valence-corrected chi connectivity index (χ4v) is 2.98. The minimum Gasteiger partial charge on any atom is -0.350 e. The maximum atomic E-state index is 12.2. The van der Waals surface area contributed by atoms with E-state index >= 15 is 0 Å². The highest BCUT2D eigenvalue weighted by Gasteiger charge is 2.14. The third-order valence-electron chi connectivity index (χ3n) is 3.88. The van der Waals surface area contributed by atoms with Crippen molar-refractivity contribution in [1.82, 2.24) is 10.2 Å². The van der Waals surface area contributed by atoms with Crippen molar-refractivity contribution >= 4 is 23.4 Å². The van der Waals surface area contributed by atoms with Gasteiger partial charge in [0.05, 0.1) is 6.04 Å². The first-order chi connectivity index (χ1) is 11.5. The summed E-state index contributed by atoms with van der Waals surface area (Å²) in [6.07, 6.45) is 3.27. The lowest BCUT2D eigenvalue weighted by Gasteiger charge is -2.21. The number of rotatable bonds is 10. The van der Waals surface area contributed by atoms with Crippen LogP contribution >= 0.6 is 11.6 Å². The summed E-state index contributed by atoms with van der Waals surface area (Å²) in [6.45, 7) is 7.64. The molecule has 0 aliphatic rings. The average Bonchev–Trinajstić information content (AvgIpc) is 2.54. The van der Waals surface area contributed by atoms with E-state index in [1.54, 1.807) is 0 Å². The third kappa shape index (κ3) is 6.91. The van der Waals surface area contributed by atoms with Gasteiger partial charge < -0.3 is 10.2 Å². The van der Waals surface area contributed by atoms with Crippen LogP contribution in [0.2, 0.25) is 5.02 Å². The maximum absolute atomic E-state index is 12.2. The Labute approximate surface area is 150 Å². The summed E-state index contributed by atoms with van der Waals surface area (Å²) in [5, 5.41) is 3.59. The number of amides is 2. The summed E-state index contributed by atoms with van der Waals surface area (Å²) in [5.41, 5.74) is 0.903. The first-order valence-corrected chi connectivity index (χ1v) is 9.18. The fraction of sp³-hybridized carbons (Fsp3) is 0.579. The van der Waals surface area contributed by atoms with Crippen LogP contribution in [0.3, 0.4) is 0 Å². The molecule has 0 bridgehead atoms. The van der Waals surface area contributed by atoms with Crippen LogP contribution in [-0.4, -0.2) is 29.8 Å². The number of hydrogen-bond acceptors (Lipinski definition) is 2. The largest absolute Gasteiger partial charge is 0.350 e. The van der Waals surface area contributed by atoms with Crippen molar-refractivity contribution in [3.63, 3.8) is 0 Å². The lowest BCUT2D eigenvalue weighted by atomic mass is 10.1. The van der Waals surface area contributed by atoms with E-state index in [0.29, 0.717) is 24.3 Å². The van der Waals surface area contributed by atoms with Crippen LogP contribution in [0.1, 0.15) is 64.5 Å². The molecule has 1 aromatic carbocycles. The molecule has 134 valence electrons. The van der Waals surface area contributed by atoms with Crippen molar-refractivity contribution < 1.29 is 9.59 Å². The van der Waals surface area contributed by atoms with Crippen molar-refractivity contribution in [2.24, 2.45) is 0 Å². The summed E-state index contributed by atoms with van der Waals surface area (Å²) in [7, 11) is 0. The molecule has 24 heavy (non-hydrogen) atoms. The summed E-state index contributed by atoms with van der Waals surface area (Å²) in [4.78, 5) is 26.1. The first-order valence-electron chi connectivity index (χ1n) is 8.81. The van der Waals surface area contributed by atoms with Crippen LogP contribution < -0.4 is 5.32 Å². The Morgan fingerprint density at radius 1 is 1.12 bits per heavy atom. The Morgan fingerprint density at radius 2 is 1.75 bits per heavy atom. The number of benzene rings is 1. The van der Waals surface area contributed by atoms with E-state index in [9.17, 15) is 9.59 Å². The molecule has 0 aliphatic heterocycles. The van der Waals surface area contributed by atoms with Gasteiger partial charge in [-0.2, -0.15) is 0 Å². The van der Waals surface area contributed by atoms with Crippen LogP contribution in [0.25, 0.3) is 0 Å². The van der Waals surface area contributed by atoms with Crippen molar-refractivity contribution in [3.8, 4) is 0 Å². The summed E-state index contributed by atoms with van der Waals surface area (Å²) < 4.78 is 0. The van der Waals surface area contributed by atoms with E-state index in [4.69, 9.17) is 11.6 Å². The molecule has 0 spiro atoms. The van der Waals surface area contributed by atoms with Gasteiger partial charge in [0.15, 0.2) is 0 Å². The fourth-order valence-electron chi connectivity index (χ4n) is 2.68. The van der Waals surface area contributed by atoms with Gasteiger partial charge >= 0.3 is 0 Å². The molecule has 0 saturated carbocycles. The highest BCUT2D eigenvalue weighted by atomic mass is 35.5. The normalized spacial score (nSPS) is 11.8. The Bertz CT molecular complexity index is 528. The molecular weight excluding hydrogens is 324 g/mol. The van der Waals surface area contributed by atoms with Crippen molar-refractivity contribution in [3.05, 3.63) is 34.9 Å². The first kappa shape index (κ1) is 20.5. The maximum Gasteiger partial charge on any atom is 0.222 e.